The second-order valence-electron chi connectivity index (χ2n) is 6.62. The number of anilines is 1. The number of hydrogen-bond donors (Lipinski definition) is 1. The fourth-order valence-corrected chi connectivity index (χ4v) is 4.05. The molecule has 31 heavy (non-hydrogen) atoms. The van der Waals surface area contributed by atoms with E-state index in [1.165, 1.54) is 11.3 Å². The Bertz CT molecular complexity index is 1210. The van der Waals surface area contributed by atoms with Crippen molar-refractivity contribution in [2.75, 3.05) is 11.9 Å². The minimum absolute atomic E-state index is 0.373. The van der Waals surface area contributed by atoms with Gasteiger partial charge in [0.05, 0.1) is 11.3 Å². The lowest BCUT2D eigenvalue weighted by atomic mass is 10.0. The molecule has 0 aliphatic carbocycles. The molecule has 0 spiro atoms. The summed E-state index contributed by atoms with van der Waals surface area (Å²) < 4.78 is 5.83. The number of nitrogens with zero attached hydrogens (tertiary/aromatic N) is 1. The normalized spacial score (nSPS) is 10.5. The zero-order valence-corrected chi connectivity index (χ0v) is 18.7. The molecular weight excluding hydrogens is 476 g/mol. The number of rotatable bonds is 6. The molecule has 1 amide bonds. The summed E-state index contributed by atoms with van der Waals surface area (Å²) in [5.74, 6) is -1.00. The van der Waals surface area contributed by atoms with Gasteiger partial charge in [-0.2, -0.15) is 0 Å². The Kier molecular flexibility index (Phi) is 6.54. The number of carbonyl (C=O) groups is 2. The second kappa shape index (κ2) is 9.68. The van der Waals surface area contributed by atoms with Crippen LogP contribution in [0.2, 0.25) is 0 Å². The van der Waals surface area contributed by atoms with Crippen LogP contribution in [0.3, 0.4) is 0 Å². The number of amides is 1. The minimum atomic E-state index is -0.560. The van der Waals surface area contributed by atoms with Crippen molar-refractivity contribution in [1.29, 1.82) is 0 Å². The van der Waals surface area contributed by atoms with Gasteiger partial charge in [-0.25, -0.2) is 9.78 Å². The van der Waals surface area contributed by atoms with Gasteiger partial charge in [-0.05, 0) is 29.3 Å². The maximum Gasteiger partial charge on any atom is 0.338 e. The number of hydrogen-bond acceptors (Lipinski definition) is 5. The molecule has 0 atom stereocenters. The molecule has 0 saturated heterocycles. The molecule has 0 aliphatic rings. The highest BCUT2D eigenvalue weighted by Gasteiger charge is 2.12. The van der Waals surface area contributed by atoms with Crippen LogP contribution < -0.4 is 5.32 Å². The van der Waals surface area contributed by atoms with Gasteiger partial charge in [-0.15, -0.1) is 11.3 Å². The summed E-state index contributed by atoms with van der Waals surface area (Å²) >= 11 is 4.61. The quantitative estimate of drug-likeness (QED) is 0.333. The molecule has 4 aromatic rings. The van der Waals surface area contributed by atoms with Crippen molar-refractivity contribution >= 4 is 44.3 Å². The maximum absolute atomic E-state index is 12.1. The van der Waals surface area contributed by atoms with Gasteiger partial charge in [0.2, 0.25) is 0 Å². The molecule has 0 unspecified atom stereocenters. The van der Waals surface area contributed by atoms with E-state index in [1.54, 1.807) is 24.3 Å². The van der Waals surface area contributed by atoms with Crippen molar-refractivity contribution in [3.8, 4) is 22.4 Å². The fraction of sp³-hybridized carbons (Fsp3) is 0.0417. The standard InChI is InChI=1S/C24H17BrN2O3S/c25-20-8-4-7-19(13-20)23(29)30-14-22(28)27-24-26-21(15-31-24)18-11-9-17(10-12-18)16-5-2-1-3-6-16/h1-13,15H,14H2,(H,26,27,28). The summed E-state index contributed by atoms with van der Waals surface area (Å²) in [5.41, 5.74) is 4.37. The third-order valence-electron chi connectivity index (χ3n) is 4.43. The molecule has 0 bridgehead atoms. The summed E-state index contributed by atoms with van der Waals surface area (Å²) in [6.45, 7) is -0.383. The number of nitrogens with one attached hydrogen (secondary N) is 1. The van der Waals surface area contributed by atoms with Gasteiger partial charge < -0.3 is 4.74 Å². The Hall–Kier alpha value is -3.29. The molecular formula is C24H17BrN2O3S. The third-order valence-corrected chi connectivity index (χ3v) is 5.68. The van der Waals surface area contributed by atoms with E-state index in [1.807, 2.05) is 47.8 Å². The van der Waals surface area contributed by atoms with Crippen LogP contribution in [-0.4, -0.2) is 23.5 Å². The summed E-state index contributed by atoms with van der Waals surface area (Å²) in [6, 6.07) is 25.0. The first-order valence-corrected chi connectivity index (χ1v) is 11.1. The summed E-state index contributed by atoms with van der Waals surface area (Å²) in [4.78, 5) is 28.6. The Morgan fingerprint density at radius 1 is 0.903 bits per heavy atom. The average molecular weight is 493 g/mol. The van der Waals surface area contributed by atoms with Crippen LogP contribution in [0, 0.1) is 0 Å². The number of thiazole rings is 1. The molecule has 154 valence electrons. The highest BCUT2D eigenvalue weighted by Crippen LogP contribution is 2.27. The van der Waals surface area contributed by atoms with Crippen molar-refractivity contribution in [3.63, 3.8) is 0 Å². The topological polar surface area (TPSA) is 68.3 Å². The monoisotopic (exact) mass is 492 g/mol. The number of halogens is 1. The Labute approximate surface area is 191 Å². The van der Waals surface area contributed by atoms with Crippen LogP contribution >= 0.6 is 27.3 Å². The molecule has 0 radical (unpaired) electrons. The lowest BCUT2D eigenvalue weighted by molar-refractivity contribution is -0.119. The van der Waals surface area contributed by atoms with E-state index in [-0.39, 0.29) is 6.61 Å². The second-order valence-corrected chi connectivity index (χ2v) is 8.39. The van der Waals surface area contributed by atoms with E-state index in [2.05, 4.69) is 38.4 Å². The highest BCUT2D eigenvalue weighted by molar-refractivity contribution is 9.10. The van der Waals surface area contributed by atoms with Gasteiger partial charge >= 0.3 is 5.97 Å². The number of esters is 1. The molecule has 3 aromatic carbocycles. The van der Waals surface area contributed by atoms with E-state index in [0.717, 1.165) is 26.9 Å². The minimum Gasteiger partial charge on any atom is -0.452 e. The van der Waals surface area contributed by atoms with E-state index in [9.17, 15) is 9.59 Å². The van der Waals surface area contributed by atoms with Crippen molar-refractivity contribution in [3.05, 3.63) is 94.3 Å². The van der Waals surface area contributed by atoms with Crippen molar-refractivity contribution in [1.82, 2.24) is 4.98 Å². The van der Waals surface area contributed by atoms with Crippen molar-refractivity contribution < 1.29 is 14.3 Å². The average Bonchev–Trinajstić information content (AvgIpc) is 3.26. The van der Waals surface area contributed by atoms with Crippen LogP contribution in [0.25, 0.3) is 22.4 Å². The number of carbonyl (C=O) groups excluding carboxylic acids is 2. The zero-order valence-electron chi connectivity index (χ0n) is 16.2. The first-order valence-electron chi connectivity index (χ1n) is 9.42. The van der Waals surface area contributed by atoms with Gasteiger partial charge in [0, 0.05) is 15.4 Å². The van der Waals surface area contributed by atoms with Crippen molar-refractivity contribution in [2.24, 2.45) is 0 Å². The first kappa shape index (κ1) is 21.0. The highest BCUT2D eigenvalue weighted by atomic mass is 79.9. The van der Waals surface area contributed by atoms with Crippen LogP contribution in [0.5, 0.6) is 0 Å². The lowest BCUT2D eigenvalue weighted by Gasteiger charge is -2.05. The van der Waals surface area contributed by atoms with Gasteiger partial charge in [0.15, 0.2) is 11.7 Å². The molecule has 0 fully saturated rings. The predicted molar refractivity (Wildman–Crippen MR) is 126 cm³/mol. The largest absolute Gasteiger partial charge is 0.452 e. The van der Waals surface area contributed by atoms with Crippen molar-refractivity contribution in [2.45, 2.75) is 0 Å². The Morgan fingerprint density at radius 2 is 1.61 bits per heavy atom. The molecule has 5 nitrogen and oxygen atoms in total. The number of aromatic nitrogens is 1. The van der Waals surface area contributed by atoms with Crippen LogP contribution in [-0.2, 0) is 9.53 Å². The summed E-state index contributed by atoms with van der Waals surface area (Å²) in [5, 5.41) is 4.99. The van der Waals surface area contributed by atoms with Gasteiger partial charge in [-0.3, -0.25) is 10.1 Å². The van der Waals surface area contributed by atoms with Gasteiger partial charge in [-0.1, -0.05) is 76.6 Å². The molecule has 1 aromatic heterocycles. The molecule has 1 N–H and O–H groups in total. The number of ether oxygens (including phenoxy) is 1. The van der Waals surface area contributed by atoms with Gasteiger partial charge in [0.25, 0.3) is 5.91 Å². The van der Waals surface area contributed by atoms with Crippen LogP contribution in [0.1, 0.15) is 10.4 Å². The van der Waals surface area contributed by atoms with E-state index in [0.29, 0.717) is 10.7 Å². The Balaban J connectivity index is 1.34. The first-order chi connectivity index (χ1) is 15.1. The Morgan fingerprint density at radius 3 is 2.35 bits per heavy atom. The van der Waals surface area contributed by atoms with E-state index < -0.39 is 11.9 Å². The maximum atomic E-state index is 12.1. The lowest BCUT2D eigenvalue weighted by Crippen LogP contribution is -2.20. The number of benzene rings is 3. The SMILES string of the molecule is O=C(COC(=O)c1cccc(Br)c1)Nc1nc(-c2ccc(-c3ccccc3)cc2)cs1. The molecule has 0 aliphatic heterocycles. The molecule has 0 saturated carbocycles. The molecule has 7 heteroatoms. The summed E-state index contributed by atoms with van der Waals surface area (Å²) in [7, 11) is 0. The van der Waals surface area contributed by atoms with Gasteiger partial charge in [0.1, 0.15) is 0 Å². The molecule has 4 rings (SSSR count). The van der Waals surface area contributed by atoms with E-state index in [4.69, 9.17) is 4.74 Å². The van der Waals surface area contributed by atoms with E-state index >= 15 is 0 Å². The predicted octanol–water partition coefficient (Wildman–Crippen LogP) is 6.04. The summed E-state index contributed by atoms with van der Waals surface area (Å²) in [6.07, 6.45) is 0. The third kappa shape index (κ3) is 5.45. The van der Waals surface area contributed by atoms with Crippen LogP contribution in [0.4, 0.5) is 5.13 Å². The molecule has 1 heterocycles. The smallest absolute Gasteiger partial charge is 0.338 e. The zero-order chi connectivity index (χ0) is 21.6. The van der Waals surface area contributed by atoms with Crippen LogP contribution in [0.15, 0.2) is 88.7 Å². The fourth-order valence-electron chi connectivity index (χ4n) is 2.91.